The van der Waals surface area contributed by atoms with E-state index in [4.69, 9.17) is 4.74 Å². The molecule has 0 atom stereocenters. The zero-order chi connectivity index (χ0) is 28.5. The van der Waals surface area contributed by atoms with Crippen molar-refractivity contribution in [1.29, 1.82) is 0 Å². The Kier molecular flexibility index (Phi) is 11.8. The maximum Gasteiger partial charge on any atom is 0.339 e. The maximum atomic E-state index is 13.3. The first-order chi connectivity index (χ1) is 19.4. The molecule has 0 spiro atoms. The third-order valence-corrected chi connectivity index (χ3v) is 11.8. The highest BCUT2D eigenvalue weighted by molar-refractivity contribution is 7.29. The number of ether oxygens (including phenoxy) is 1. The van der Waals surface area contributed by atoms with E-state index in [0.29, 0.717) is 12.2 Å². The molecule has 3 nitrogen and oxygen atoms in total. The van der Waals surface area contributed by atoms with Gasteiger partial charge in [-0.1, -0.05) is 64.7 Å². The predicted octanol–water partition coefficient (Wildman–Crippen LogP) is 11.8. The first kappa shape index (κ1) is 30.9. The number of Topliss-reactive ketones (excluding diaryl/α,β-unsaturated/α-hetero) is 1. The van der Waals surface area contributed by atoms with Crippen LogP contribution in [0.25, 0.3) is 29.3 Å². The SMILES string of the molecule is CCCCCCCCCCCCOC(=O)c1cc(-c2cc(C(C)=O)c(-c3ccc(C)s3)s2)sc1-c1ccc(C)s1. The van der Waals surface area contributed by atoms with Gasteiger partial charge in [0, 0.05) is 34.8 Å². The summed E-state index contributed by atoms with van der Waals surface area (Å²) in [6.07, 6.45) is 12.5. The molecule has 0 aliphatic carbocycles. The molecule has 4 aromatic heterocycles. The maximum absolute atomic E-state index is 13.3. The molecule has 214 valence electrons. The summed E-state index contributed by atoms with van der Waals surface area (Å²) in [5.41, 5.74) is 1.37. The Morgan fingerprint density at radius 1 is 0.625 bits per heavy atom. The van der Waals surface area contributed by atoms with Crippen molar-refractivity contribution in [3.8, 4) is 29.3 Å². The van der Waals surface area contributed by atoms with Crippen molar-refractivity contribution in [2.75, 3.05) is 6.61 Å². The first-order valence-electron chi connectivity index (χ1n) is 14.5. The molecular weight excluding hydrogens is 573 g/mol. The van der Waals surface area contributed by atoms with Gasteiger partial charge < -0.3 is 4.74 Å². The number of hydrogen-bond donors (Lipinski definition) is 0. The van der Waals surface area contributed by atoms with Crippen molar-refractivity contribution in [2.45, 2.75) is 91.9 Å². The summed E-state index contributed by atoms with van der Waals surface area (Å²) in [4.78, 5) is 34.4. The average molecular weight is 613 g/mol. The van der Waals surface area contributed by atoms with Crippen LogP contribution in [0.1, 0.15) is 109 Å². The van der Waals surface area contributed by atoms with E-state index in [9.17, 15) is 9.59 Å². The highest BCUT2D eigenvalue weighted by Crippen LogP contribution is 2.46. The van der Waals surface area contributed by atoms with Gasteiger partial charge >= 0.3 is 5.97 Å². The number of ketones is 1. The fraction of sp³-hybridized carbons (Fsp3) is 0.455. The predicted molar refractivity (Wildman–Crippen MR) is 176 cm³/mol. The van der Waals surface area contributed by atoms with Gasteiger partial charge in [-0.15, -0.1) is 45.3 Å². The topological polar surface area (TPSA) is 43.4 Å². The average Bonchev–Trinajstić information content (AvgIpc) is 3.72. The lowest BCUT2D eigenvalue weighted by Gasteiger charge is -2.05. The second kappa shape index (κ2) is 15.2. The number of esters is 1. The molecule has 4 rings (SSSR count). The largest absolute Gasteiger partial charge is 0.462 e. The fourth-order valence-electron chi connectivity index (χ4n) is 4.75. The molecule has 4 aromatic rings. The second-order valence-electron chi connectivity index (χ2n) is 10.4. The summed E-state index contributed by atoms with van der Waals surface area (Å²) in [5, 5.41) is 0. The number of aryl methyl sites for hydroxylation is 2. The van der Waals surface area contributed by atoms with E-state index in [1.165, 1.54) is 61.1 Å². The van der Waals surface area contributed by atoms with Crippen LogP contribution in [0.3, 0.4) is 0 Å². The van der Waals surface area contributed by atoms with Gasteiger partial charge in [0.15, 0.2) is 5.78 Å². The normalized spacial score (nSPS) is 11.3. The van der Waals surface area contributed by atoms with Crippen molar-refractivity contribution >= 4 is 57.1 Å². The lowest BCUT2D eigenvalue weighted by Crippen LogP contribution is -2.06. The third-order valence-electron chi connectivity index (χ3n) is 6.97. The summed E-state index contributed by atoms with van der Waals surface area (Å²) in [6, 6.07) is 12.3. The Morgan fingerprint density at radius 3 is 1.57 bits per heavy atom. The summed E-state index contributed by atoms with van der Waals surface area (Å²) < 4.78 is 5.78. The Labute approximate surface area is 255 Å². The molecule has 0 amide bonds. The van der Waals surface area contributed by atoms with E-state index < -0.39 is 0 Å². The van der Waals surface area contributed by atoms with Gasteiger partial charge in [-0.2, -0.15) is 0 Å². The molecule has 0 saturated heterocycles. The Bertz CT molecular complexity index is 1400. The molecule has 0 saturated carbocycles. The van der Waals surface area contributed by atoms with Crippen molar-refractivity contribution in [3.63, 3.8) is 0 Å². The highest BCUT2D eigenvalue weighted by Gasteiger charge is 2.23. The van der Waals surface area contributed by atoms with E-state index >= 15 is 0 Å². The Balaban J connectivity index is 1.43. The quantitative estimate of drug-likeness (QED) is 0.0718. The van der Waals surface area contributed by atoms with Gasteiger partial charge in [0.05, 0.1) is 21.9 Å². The van der Waals surface area contributed by atoms with E-state index in [1.54, 1.807) is 52.3 Å². The summed E-state index contributed by atoms with van der Waals surface area (Å²) >= 11 is 6.64. The molecule has 40 heavy (non-hydrogen) atoms. The molecule has 0 aliphatic heterocycles. The minimum Gasteiger partial charge on any atom is -0.462 e. The molecule has 0 bridgehead atoms. The minimum atomic E-state index is -0.253. The van der Waals surface area contributed by atoms with Crippen LogP contribution >= 0.6 is 45.3 Å². The number of carbonyl (C=O) groups excluding carboxylic acids is 2. The van der Waals surface area contributed by atoms with E-state index in [2.05, 4.69) is 45.0 Å². The zero-order valence-corrected chi connectivity index (χ0v) is 27.4. The van der Waals surface area contributed by atoms with Crippen LogP contribution in [0.4, 0.5) is 0 Å². The Hall–Kier alpha value is -2.06. The van der Waals surface area contributed by atoms with Gasteiger partial charge in [0.1, 0.15) is 0 Å². The van der Waals surface area contributed by atoms with Crippen molar-refractivity contribution in [3.05, 3.63) is 57.3 Å². The molecular formula is C33H40O3S4. The molecule has 0 aromatic carbocycles. The van der Waals surface area contributed by atoms with Gasteiger partial charge in [-0.3, -0.25) is 4.79 Å². The smallest absolute Gasteiger partial charge is 0.339 e. The van der Waals surface area contributed by atoms with Crippen LogP contribution in [0.2, 0.25) is 0 Å². The number of rotatable bonds is 16. The number of hydrogen-bond acceptors (Lipinski definition) is 7. The van der Waals surface area contributed by atoms with Crippen LogP contribution in [0.15, 0.2) is 36.4 Å². The van der Waals surface area contributed by atoms with Crippen LogP contribution in [0, 0.1) is 13.8 Å². The zero-order valence-electron chi connectivity index (χ0n) is 24.1. The fourth-order valence-corrected chi connectivity index (χ4v) is 9.16. The molecule has 0 fully saturated rings. The van der Waals surface area contributed by atoms with Gasteiger partial charge in [0.25, 0.3) is 0 Å². The van der Waals surface area contributed by atoms with Crippen LogP contribution in [0.5, 0.6) is 0 Å². The second-order valence-corrected chi connectivity index (χ2v) is 15.1. The molecule has 0 aliphatic rings. The van der Waals surface area contributed by atoms with Crippen LogP contribution in [-0.4, -0.2) is 18.4 Å². The number of unbranched alkanes of at least 4 members (excludes halogenated alkanes) is 9. The van der Waals surface area contributed by atoms with Crippen LogP contribution in [-0.2, 0) is 4.74 Å². The van der Waals surface area contributed by atoms with Gasteiger partial charge in [-0.05, 0) is 63.6 Å². The monoisotopic (exact) mass is 612 g/mol. The molecule has 0 N–H and O–H groups in total. The van der Waals surface area contributed by atoms with Crippen molar-refractivity contribution in [2.24, 2.45) is 0 Å². The standard InChI is InChI=1S/C33H40O3S4/c1-5-6-7-8-9-10-11-12-13-14-19-36-33(35)26-21-30(40-32(26)28-18-16-23(3)38-28)29-20-25(24(4)34)31(39-29)27-17-15-22(2)37-27/h15-18,20-21H,5-14,19H2,1-4H3. The van der Waals surface area contributed by atoms with Crippen LogP contribution < -0.4 is 0 Å². The summed E-state index contributed by atoms with van der Waals surface area (Å²) in [6.45, 7) is 8.50. The molecule has 0 unspecified atom stereocenters. The molecule has 0 radical (unpaired) electrons. The van der Waals surface area contributed by atoms with E-state index in [1.807, 2.05) is 12.1 Å². The van der Waals surface area contributed by atoms with Crippen molar-refractivity contribution < 1.29 is 14.3 Å². The number of thiophene rings is 4. The molecule has 4 heterocycles. The van der Waals surface area contributed by atoms with Crippen molar-refractivity contribution in [1.82, 2.24) is 0 Å². The van der Waals surface area contributed by atoms with Gasteiger partial charge in [-0.25, -0.2) is 4.79 Å². The summed E-state index contributed by atoms with van der Waals surface area (Å²) in [5.74, 6) is -0.192. The minimum absolute atomic E-state index is 0.0605. The number of carbonyl (C=O) groups is 2. The lowest BCUT2D eigenvalue weighted by molar-refractivity contribution is 0.0499. The third kappa shape index (κ3) is 8.25. The summed E-state index contributed by atoms with van der Waals surface area (Å²) in [7, 11) is 0. The van der Waals surface area contributed by atoms with E-state index in [0.717, 1.165) is 47.7 Å². The van der Waals surface area contributed by atoms with Gasteiger partial charge in [0.2, 0.25) is 0 Å². The Morgan fingerprint density at radius 2 is 1.10 bits per heavy atom. The highest BCUT2D eigenvalue weighted by atomic mass is 32.1. The molecule has 7 heteroatoms. The van der Waals surface area contributed by atoms with E-state index in [-0.39, 0.29) is 11.8 Å². The first-order valence-corrected chi connectivity index (χ1v) is 17.7. The lowest BCUT2D eigenvalue weighted by atomic mass is 10.1.